The van der Waals surface area contributed by atoms with E-state index in [0.717, 1.165) is 23.6 Å². The van der Waals surface area contributed by atoms with Crippen molar-refractivity contribution >= 4 is 39.9 Å². The lowest BCUT2D eigenvalue weighted by atomic mass is 10.1. The molecule has 9 heteroatoms. The number of nitrogen functional groups attached to an aromatic ring is 1. The number of nitrogens with two attached hydrogens (primary N) is 2. The lowest BCUT2D eigenvalue weighted by molar-refractivity contribution is 0.0997. The fourth-order valence-electron chi connectivity index (χ4n) is 3.23. The normalized spacial score (nSPS) is 10.7. The van der Waals surface area contributed by atoms with Crippen LogP contribution in [-0.4, -0.2) is 16.8 Å². The zero-order valence-corrected chi connectivity index (χ0v) is 17.2. The van der Waals surface area contributed by atoms with Gasteiger partial charge in [0.2, 0.25) is 5.91 Å². The molecular formula is C24H19F2N5O2. The largest absolute Gasteiger partial charge is 0.397 e. The molecule has 0 saturated carbocycles. The van der Waals surface area contributed by atoms with Crippen LogP contribution in [0.1, 0.15) is 26.3 Å². The van der Waals surface area contributed by atoms with E-state index in [-0.39, 0.29) is 23.5 Å². The third-order valence-corrected chi connectivity index (χ3v) is 5.01. The summed E-state index contributed by atoms with van der Waals surface area (Å²) in [6.45, 7) is 0.118. The van der Waals surface area contributed by atoms with Gasteiger partial charge in [-0.2, -0.15) is 0 Å². The van der Waals surface area contributed by atoms with E-state index in [1.54, 1.807) is 24.3 Å². The fraction of sp³-hybridized carbons (Fsp3) is 0.0417. The quantitative estimate of drug-likeness (QED) is 0.332. The van der Waals surface area contributed by atoms with Crippen molar-refractivity contribution in [2.75, 3.05) is 16.4 Å². The minimum absolute atomic E-state index is 0.0653. The zero-order chi connectivity index (χ0) is 23.5. The van der Waals surface area contributed by atoms with Gasteiger partial charge in [0.25, 0.3) is 5.91 Å². The maximum Gasteiger partial charge on any atom is 0.255 e. The average molecular weight is 447 g/mol. The minimum atomic E-state index is -0.584. The minimum Gasteiger partial charge on any atom is -0.397 e. The molecule has 7 nitrogen and oxygen atoms in total. The van der Waals surface area contributed by atoms with Gasteiger partial charge in [0.1, 0.15) is 17.5 Å². The number of carbonyl (C=O) groups excluding carboxylic acids is 2. The molecule has 0 aliphatic rings. The summed E-state index contributed by atoms with van der Waals surface area (Å²) in [5, 5.41) is 6.38. The maximum atomic E-state index is 14.6. The van der Waals surface area contributed by atoms with Crippen LogP contribution in [0.3, 0.4) is 0 Å². The van der Waals surface area contributed by atoms with E-state index in [1.165, 1.54) is 18.2 Å². The Morgan fingerprint density at radius 1 is 0.909 bits per heavy atom. The molecule has 0 saturated heterocycles. The van der Waals surface area contributed by atoms with Crippen LogP contribution in [-0.2, 0) is 6.54 Å². The number of benzene rings is 3. The molecule has 2 amide bonds. The molecule has 0 aliphatic carbocycles. The van der Waals surface area contributed by atoms with Gasteiger partial charge in [-0.15, -0.1) is 0 Å². The van der Waals surface area contributed by atoms with Crippen LogP contribution in [0.4, 0.5) is 26.0 Å². The molecule has 0 aliphatic heterocycles. The molecule has 1 aromatic heterocycles. The van der Waals surface area contributed by atoms with Gasteiger partial charge in [0.05, 0.1) is 16.9 Å². The highest BCUT2D eigenvalue weighted by Crippen LogP contribution is 2.21. The van der Waals surface area contributed by atoms with Crippen LogP contribution in [0.2, 0.25) is 0 Å². The highest BCUT2D eigenvalue weighted by atomic mass is 19.1. The first kappa shape index (κ1) is 21.7. The third kappa shape index (κ3) is 4.87. The highest BCUT2D eigenvalue weighted by molar-refractivity contribution is 6.05. The second-order valence-electron chi connectivity index (χ2n) is 7.31. The van der Waals surface area contributed by atoms with Crippen molar-refractivity contribution in [2.45, 2.75) is 6.54 Å². The van der Waals surface area contributed by atoms with Gasteiger partial charge < -0.3 is 22.1 Å². The second kappa shape index (κ2) is 8.91. The van der Waals surface area contributed by atoms with Gasteiger partial charge >= 0.3 is 0 Å². The van der Waals surface area contributed by atoms with Crippen LogP contribution in [0.5, 0.6) is 0 Å². The summed E-state index contributed by atoms with van der Waals surface area (Å²) in [6, 6.07) is 16.2. The van der Waals surface area contributed by atoms with Gasteiger partial charge in [-0.25, -0.2) is 13.8 Å². The van der Waals surface area contributed by atoms with E-state index in [2.05, 4.69) is 15.6 Å². The highest BCUT2D eigenvalue weighted by Gasteiger charge is 2.12. The van der Waals surface area contributed by atoms with Gasteiger partial charge in [-0.1, -0.05) is 12.1 Å². The molecule has 0 bridgehead atoms. The van der Waals surface area contributed by atoms with E-state index in [1.807, 2.05) is 6.07 Å². The lowest BCUT2D eigenvalue weighted by Crippen LogP contribution is -2.14. The molecule has 0 spiro atoms. The van der Waals surface area contributed by atoms with Crippen molar-refractivity contribution in [3.8, 4) is 0 Å². The maximum absolute atomic E-state index is 14.6. The Labute approximate surface area is 187 Å². The number of fused-ring (bicyclic) bond motifs is 1. The first-order chi connectivity index (χ1) is 15.8. The first-order valence-corrected chi connectivity index (χ1v) is 9.89. The lowest BCUT2D eigenvalue weighted by Gasteiger charge is -2.11. The number of rotatable bonds is 6. The van der Waals surface area contributed by atoms with Gasteiger partial charge in [-0.3, -0.25) is 9.59 Å². The Morgan fingerprint density at radius 2 is 1.67 bits per heavy atom. The monoisotopic (exact) mass is 447 g/mol. The van der Waals surface area contributed by atoms with Crippen molar-refractivity contribution in [1.82, 2.24) is 4.98 Å². The Balaban J connectivity index is 1.46. The summed E-state index contributed by atoms with van der Waals surface area (Å²) in [4.78, 5) is 28.2. The number of hydrogen-bond donors (Lipinski definition) is 4. The molecule has 6 N–H and O–H groups in total. The molecular weight excluding hydrogens is 428 g/mol. The molecule has 0 atom stereocenters. The van der Waals surface area contributed by atoms with Gasteiger partial charge in [-0.05, 0) is 54.6 Å². The number of nitrogens with one attached hydrogen (secondary N) is 2. The number of hydrogen-bond acceptors (Lipinski definition) is 5. The summed E-state index contributed by atoms with van der Waals surface area (Å²) in [7, 11) is 0. The average Bonchev–Trinajstić information content (AvgIpc) is 2.79. The number of primary amides is 1. The van der Waals surface area contributed by atoms with Crippen molar-refractivity contribution in [3.63, 3.8) is 0 Å². The van der Waals surface area contributed by atoms with Crippen molar-refractivity contribution in [1.29, 1.82) is 0 Å². The topological polar surface area (TPSA) is 123 Å². The predicted molar refractivity (Wildman–Crippen MR) is 123 cm³/mol. The van der Waals surface area contributed by atoms with E-state index >= 15 is 0 Å². The standard InChI is InChI=1S/C24H19F2N5O2/c25-17-6-7-20(19(27)11-17)31-24(33)15-3-4-16(18(26)9-15)12-29-22-8-5-13-1-2-14(23(28)32)10-21(13)30-22/h1-11H,12,27H2,(H2,28,32)(H,29,30)(H,31,33). The number of halogens is 2. The van der Waals surface area contributed by atoms with Crippen LogP contribution in [0.25, 0.3) is 10.9 Å². The van der Waals surface area contributed by atoms with Gasteiger partial charge in [0.15, 0.2) is 0 Å². The van der Waals surface area contributed by atoms with Crippen LogP contribution < -0.4 is 22.1 Å². The molecule has 1 heterocycles. The van der Waals surface area contributed by atoms with Crippen molar-refractivity contribution in [3.05, 3.63) is 95.1 Å². The molecule has 3 aromatic carbocycles. The van der Waals surface area contributed by atoms with E-state index in [9.17, 15) is 18.4 Å². The first-order valence-electron chi connectivity index (χ1n) is 9.89. The predicted octanol–water partition coefficient (Wildman–Crippen LogP) is 4.06. The number of aromatic nitrogens is 1. The molecule has 166 valence electrons. The molecule has 4 rings (SSSR count). The summed E-state index contributed by atoms with van der Waals surface area (Å²) >= 11 is 0. The number of pyridine rings is 1. The Kier molecular flexibility index (Phi) is 5.86. The Morgan fingerprint density at radius 3 is 2.39 bits per heavy atom. The Bertz CT molecular complexity index is 1390. The van der Waals surface area contributed by atoms with E-state index < -0.39 is 23.4 Å². The smallest absolute Gasteiger partial charge is 0.255 e. The van der Waals surface area contributed by atoms with Crippen LogP contribution >= 0.6 is 0 Å². The molecule has 0 unspecified atom stereocenters. The number of anilines is 3. The summed E-state index contributed by atoms with van der Waals surface area (Å²) < 4.78 is 27.8. The third-order valence-electron chi connectivity index (χ3n) is 5.01. The molecule has 33 heavy (non-hydrogen) atoms. The SMILES string of the molecule is NC(=O)c1ccc2ccc(NCc3ccc(C(=O)Nc4ccc(F)cc4N)cc3F)nc2c1. The van der Waals surface area contributed by atoms with Crippen LogP contribution in [0.15, 0.2) is 66.7 Å². The van der Waals surface area contributed by atoms with Crippen molar-refractivity contribution in [2.24, 2.45) is 5.73 Å². The van der Waals surface area contributed by atoms with E-state index in [4.69, 9.17) is 11.5 Å². The van der Waals surface area contributed by atoms with Crippen molar-refractivity contribution < 1.29 is 18.4 Å². The second-order valence-corrected chi connectivity index (χ2v) is 7.31. The number of amides is 2. The van der Waals surface area contributed by atoms with Crippen LogP contribution in [0, 0.1) is 11.6 Å². The summed E-state index contributed by atoms with van der Waals surface area (Å²) in [6.07, 6.45) is 0. The number of nitrogens with zero attached hydrogens (tertiary/aromatic N) is 1. The molecule has 0 fully saturated rings. The van der Waals surface area contributed by atoms with Gasteiger partial charge in [0, 0.05) is 28.6 Å². The molecule has 4 aromatic rings. The number of carbonyl (C=O) groups is 2. The fourth-order valence-corrected chi connectivity index (χ4v) is 3.23. The summed E-state index contributed by atoms with van der Waals surface area (Å²) in [5.41, 5.74) is 12.6. The molecule has 0 radical (unpaired) electrons. The Hall–Kier alpha value is -4.53. The van der Waals surface area contributed by atoms with E-state index in [0.29, 0.717) is 22.5 Å². The summed E-state index contributed by atoms with van der Waals surface area (Å²) in [5.74, 6) is -1.75. The zero-order valence-electron chi connectivity index (χ0n) is 17.2.